The number of fused-ring (bicyclic) bond motifs is 1. The van der Waals surface area contributed by atoms with Crippen LogP contribution in [0.25, 0.3) is 5.65 Å². The molecule has 0 aromatic carbocycles. The molecule has 6 heteroatoms. The highest BCUT2D eigenvalue weighted by molar-refractivity contribution is 5.60. The molecule has 1 saturated heterocycles. The van der Waals surface area contributed by atoms with Crippen LogP contribution in [-0.2, 0) is 0 Å². The Balaban J connectivity index is 1.97. The van der Waals surface area contributed by atoms with Crippen LogP contribution in [0.1, 0.15) is 19.3 Å². The van der Waals surface area contributed by atoms with Crippen LogP contribution in [0.15, 0.2) is 12.4 Å². The third kappa shape index (κ3) is 1.46. The van der Waals surface area contributed by atoms with Crippen LogP contribution < -0.4 is 10.6 Å². The van der Waals surface area contributed by atoms with Crippen LogP contribution in [0, 0.1) is 0 Å². The lowest BCUT2D eigenvalue weighted by atomic mass is 10.1. The normalized spacial score (nSPS) is 16.9. The fraction of sp³-hybridized carbons (Fsp3) is 0.500. The van der Waals surface area contributed by atoms with Crippen LogP contribution in [0.3, 0.4) is 0 Å². The fourth-order valence-corrected chi connectivity index (χ4v) is 2.11. The number of nitrogens with two attached hydrogens (primary N) is 1. The summed E-state index contributed by atoms with van der Waals surface area (Å²) in [6.45, 7) is 2.19. The maximum atomic E-state index is 5.63. The summed E-state index contributed by atoms with van der Waals surface area (Å²) in [7, 11) is 0. The molecule has 84 valence electrons. The molecular formula is C10H14N6. The molecule has 16 heavy (non-hydrogen) atoms. The van der Waals surface area contributed by atoms with Gasteiger partial charge < -0.3 is 10.6 Å². The Morgan fingerprint density at radius 1 is 1.19 bits per heavy atom. The highest BCUT2D eigenvalue weighted by Gasteiger charge is 2.13. The first kappa shape index (κ1) is 9.38. The van der Waals surface area contributed by atoms with E-state index in [1.807, 2.05) is 12.4 Å². The number of nitrogens with zero attached hydrogens (tertiary/aromatic N) is 5. The van der Waals surface area contributed by atoms with E-state index in [2.05, 4.69) is 20.2 Å². The standard InChI is InChI=1S/C10H14N6/c11-9-10-12-6-8(7-16(10)14-13-9)15-4-2-1-3-5-15/h6-7H,1-5,11H2. The third-order valence-electron chi connectivity index (χ3n) is 2.99. The van der Waals surface area contributed by atoms with Gasteiger partial charge in [0.15, 0.2) is 11.5 Å². The molecule has 0 saturated carbocycles. The summed E-state index contributed by atoms with van der Waals surface area (Å²) in [4.78, 5) is 6.61. The van der Waals surface area contributed by atoms with Crippen molar-refractivity contribution >= 4 is 17.2 Å². The minimum absolute atomic E-state index is 0.380. The van der Waals surface area contributed by atoms with E-state index in [0.29, 0.717) is 11.5 Å². The molecule has 0 atom stereocenters. The summed E-state index contributed by atoms with van der Waals surface area (Å²) in [5.41, 5.74) is 7.35. The smallest absolute Gasteiger partial charge is 0.199 e. The number of hydrogen-bond acceptors (Lipinski definition) is 5. The predicted molar refractivity (Wildman–Crippen MR) is 61.3 cm³/mol. The Kier molecular flexibility index (Phi) is 2.12. The molecule has 0 bridgehead atoms. The van der Waals surface area contributed by atoms with Crippen LogP contribution in [0.4, 0.5) is 11.5 Å². The molecule has 2 aromatic rings. The molecule has 3 heterocycles. The Bertz CT molecular complexity index is 499. The maximum Gasteiger partial charge on any atom is 0.199 e. The summed E-state index contributed by atoms with van der Waals surface area (Å²) < 4.78 is 1.64. The van der Waals surface area contributed by atoms with Gasteiger partial charge in [-0.2, -0.15) is 4.52 Å². The van der Waals surface area contributed by atoms with Crippen molar-refractivity contribution < 1.29 is 0 Å². The largest absolute Gasteiger partial charge is 0.379 e. The summed E-state index contributed by atoms with van der Waals surface area (Å²) in [5.74, 6) is 0.380. The van der Waals surface area contributed by atoms with Gasteiger partial charge in [0, 0.05) is 13.1 Å². The SMILES string of the molecule is Nc1nnn2cc(N3CCCCC3)cnc12. The number of hydrogen-bond donors (Lipinski definition) is 1. The van der Waals surface area contributed by atoms with E-state index in [1.165, 1.54) is 19.3 Å². The minimum atomic E-state index is 0.380. The van der Waals surface area contributed by atoms with Gasteiger partial charge in [-0.05, 0) is 19.3 Å². The van der Waals surface area contributed by atoms with Crippen molar-refractivity contribution in [3.05, 3.63) is 12.4 Å². The van der Waals surface area contributed by atoms with Crippen molar-refractivity contribution in [2.45, 2.75) is 19.3 Å². The molecule has 2 N–H and O–H groups in total. The molecule has 2 aromatic heterocycles. The molecular weight excluding hydrogens is 204 g/mol. The first-order chi connectivity index (χ1) is 7.84. The van der Waals surface area contributed by atoms with Gasteiger partial charge in [0.2, 0.25) is 0 Å². The number of rotatable bonds is 1. The molecule has 0 amide bonds. The zero-order valence-electron chi connectivity index (χ0n) is 9.00. The number of anilines is 2. The van der Waals surface area contributed by atoms with E-state index in [-0.39, 0.29) is 0 Å². The molecule has 1 fully saturated rings. The molecule has 3 rings (SSSR count). The van der Waals surface area contributed by atoms with E-state index >= 15 is 0 Å². The van der Waals surface area contributed by atoms with Gasteiger partial charge in [0.25, 0.3) is 0 Å². The van der Waals surface area contributed by atoms with Gasteiger partial charge in [-0.1, -0.05) is 5.21 Å². The minimum Gasteiger partial charge on any atom is -0.379 e. The van der Waals surface area contributed by atoms with Crippen molar-refractivity contribution in [1.82, 2.24) is 19.8 Å². The average Bonchev–Trinajstić information content (AvgIpc) is 2.72. The lowest BCUT2D eigenvalue weighted by Gasteiger charge is -2.28. The van der Waals surface area contributed by atoms with Crippen molar-refractivity contribution in [2.75, 3.05) is 23.7 Å². The Hall–Kier alpha value is -1.85. The second-order valence-corrected chi connectivity index (χ2v) is 4.10. The molecule has 1 aliphatic heterocycles. The third-order valence-corrected chi connectivity index (χ3v) is 2.99. The Morgan fingerprint density at radius 2 is 2.00 bits per heavy atom. The van der Waals surface area contributed by atoms with Gasteiger partial charge in [-0.15, -0.1) is 5.10 Å². The van der Waals surface area contributed by atoms with Crippen LogP contribution in [0.5, 0.6) is 0 Å². The van der Waals surface area contributed by atoms with Crippen LogP contribution in [0.2, 0.25) is 0 Å². The molecule has 1 aliphatic rings. The highest BCUT2D eigenvalue weighted by atomic mass is 15.4. The zero-order chi connectivity index (χ0) is 11.0. The van der Waals surface area contributed by atoms with Gasteiger partial charge in [-0.25, -0.2) is 4.98 Å². The molecule has 0 spiro atoms. The second-order valence-electron chi connectivity index (χ2n) is 4.10. The summed E-state index contributed by atoms with van der Waals surface area (Å²) >= 11 is 0. The molecule has 0 unspecified atom stereocenters. The molecule has 0 radical (unpaired) electrons. The van der Waals surface area contributed by atoms with Crippen molar-refractivity contribution in [3.63, 3.8) is 0 Å². The zero-order valence-corrected chi connectivity index (χ0v) is 9.00. The van der Waals surface area contributed by atoms with Crippen molar-refractivity contribution in [3.8, 4) is 0 Å². The number of piperidine rings is 1. The quantitative estimate of drug-likeness (QED) is 0.762. The second kappa shape index (κ2) is 3.62. The van der Waals surface area contributed by atoms with Crippen molar-refractivity contribution in [1.29, 1.82) is 0 Å². The van der Waals surface area contributed by atoms with Gasteiger partial charge >= 0.3 is 0 Å². The van der Waals surface area contributed by atoms with E-state index < -0.39 is 0 Å². The average molecular weight is 218 g/mol. The topological polar surface area (TPSA) is 72.3 Å². The molecule has 0 aliphatic carbocycles. The lowest BCUT2D eigenvalue weighted by Crippen LogP contribution is -2.29. The Morgan fingerprint density at radius 3 is 2.81 bits per heavy atom. The van der Waals surface area contributed by atoms with E-state index in [9.17, 15) is 0 Å². The van der Waals surface area contributed by atoms with E-state index in [0.717, 1.165) is 18.8 Å². The van der Waals surface area contributed by atoms with Crippen LogP contribution in [-0.4, -0.2) is 32.9 Å². The number of nitrogen functional groups attached to an aromatic ring is 1. The van der Waals surface area contributed by atoms with E-state index in [1.54, 1.807) is 4.52 Å². The molecule has 6 nitrogen and oxygen atoms in total. The summed E-state index contributed by atoms with van der Waals surface area (Å²) in [5, 5.41) is 7.72. The first-order valence-electron chi connectivity index (χ1n) is 5.56. The predicted octanol–water partition coefficient (Wildman–Crippen LogP) is 0.697. The monoisotopic (exact) mass is 218 g/mol. The van der Waals surface area contributed by atoms with E-state index in [4.69, 9.17) is 5.73 Å². The van der Waals surface area contributed by atoms with Gasteiger partial charge in [-0.3, -0.25) is 0 Å². The lowest BCUT2D eigenvalue weighted by molar-refractivity contribution is 0.576. The van der Waals surface area contributed by atoms with Crippen molar-refractivity contribution in [2.24, 2.45) is 0 Å². The highest BCUT2D eigenvalue weighted by Crippen LogP contribution is 2.19. The Labute approximate surface area is 93.1 Å². The summed E-state index contributed by atoms with van der Waals surface area (Å²) in [6.07, 6.45) is 7.61. The van der Waals surface area contributed by atoms with Crippen LogP contribution >= 0.6 is 0 Å². The van der Waals surface area contributed by atoms with Gasteiger partial charge in [0.1, 0.15) is 0 Å². The fourth-order valence-electron chi connectivity index (χ4n) is 2.11. The first-order valence-corrected chi connectivity index (χ1v) is 5.56. The maximum absolute atomic E-state index is 5.63. The summed E-state index contributed by atoms with van der Waals surface area (Å²) in [6, 6.07) is 0. The number of aromatic nitrogens is 4. The van der Waals surface area contributed by atoms with Gasteiger partial charge in [0.05, 0.1) is 18.1 Å².